The van der Waals surface area contributed by atoms with Gasteiger partial charge in [-0.25, -0.2) is 19.7 Å². The van der Waals surface area contributed by atoms with Gasteiger partial charge in [-0.05, 0) is 44.5 Å². The summed E-state index contributed by atoms with van der Waals surface area (Å²) in [5, 5.41) is 0. The number of methoxy groups -OCH3 is 1. The van der Waals surface area contributed by atoms with Gasteiger partial charge < -0.3 is 18.9 Å². The molecule has 8 heteroatoms. The molecule has 0 amide bonds. The fraction of sp³-hybridized carbons (Fsp3) is 0.304. The smallest absolute Gasteiger partial charge is 0.341 e. The molecule has 8 nitrogen and oxygen atoms in total. The molecular formula is C23H25N3O5. The van der Waals surface area contributed by atoms with Crippen LogP contribution in [0.4, 0.5) is 0 Å². The average Bonchev–Trinajstić information content (AvgIpc) is 2.78. The Balaban J connectivity index is 1.80. The first-order valence-electron chi connectivity index (χ1n) is 9.95. The highest BCUT2D eigenvalue weighted by molar-refractivity contribution is 5.90. The van der Waals surface area contributed by atoms with Crippen LogP contribution in [0.25, 0.3) is 11.4 Å². The summed E-state index contributed by atoms with van der Waals surface area (Å²) in [6.45, 7) is 6.45. The monoisotopic (exact) mass is 423 g/mol. The number of aryl methyl sites for hydroxylation is 1. The van der Waals surface area contributed by atoms with Gasteiger partial charge in [0.1, 0.15) is 12.4 Å². The number of pyridine rings is 1. The van der Waals surface area contributed by atoms with Gasteiger partial charge in [-0.1, -0.05) is 12.1 Å². The van der Waals surface area contributed by atoms with Crippen molar-refractivity contribution in [3.05, 3.63) is 59.5 Å². The van der Waals surface area contributed by atoms with E-state index >= 15 is 0 Å². The largest absolute Gasteiger partial charge is 0.497 e. The second-order valence-corrected chi connectivity index (χ2v) is 6.51. The topological polar surface area (TPSA) is 92.7 Å². The Bertz CT molecular complexity index is 1040. The van der Waals surface area contributed by atoms with Crippen molar-refractivity contribution in [1.82, 2.24) is 15.0 Å². The number of aromatic nitrogens is 3. The zero-order chi connectivity index (χ0) is 22.2. The molecule has 0 fully saturated rings. The Labute approximate surface area is 181 Å². The molecule has 0 atom stereocenters. The molecule has 162 valence electrons. The highest BCUT2D eigenvalue weighted by Crippen LogP contribution is 2.30. The van der Waals surface area contributed by atoms with Crippen LogP contribution in [0.5, 0.6) is 17.4 Å². The Hall–Kier alpha value is -3.68. The van der Waals surface area contributed by atoms with Crippen molar-refractivity contribution in [2.24, 2.45) is 0 Å². The summed E-state index contributed by atoms with van der Waals surface area (Å²) in [7, 11) is 1.63. The maximum Gasteiger partial charge on any atom is 0.341 e. The molecule has 0 saturated carbocycles. The number of rotatable bonds is 9. The number of carbonyl (C=O) groups is 1. The van der Waals surface area contributed by atoms with Crippen LogP contribution in [0.15, 0.2) is 42.7 Å². The summed E-state index contributed by atoms with van der Waals surface area (Å²) in [5.41, 5.74) is 2.49. The second-order valence-electron chi connectivity index (χ2n) is 6.51. The Kier molecular flexibility index (Phi) is 7.37. The molecule has 0 radical (unpaired) electrons. The number of hydrogen-bond donors (Lipinski definition) is 0. The first-order chi connectivity index (χ1) is 15.0. The maximum absolute atomic E-state index is 12.0. The first-order valence-corrected chi connectivity index (χ1v) is 9.95. The summed E-state index contributed by atoms with van der Waals surface area (Å²) in [5.74, 6) is 1.64. The molecule has 2 aromatic heterocycles. The van der Waals surface area contributed by atoms with Crippen molar-refractivity contribution < 1.29 is 23.7 Å². The van der Waals surface area contributed by atoms with Gasteiger partial charge >= 0.3 is 5.97 Å². The minimum absolute atomic E-state index is 0.291. The highest BCUT2D eigenvalue weighted by Gasteiger charge is 2.16. The van der Waals surface area contributed by atoms with Gasteiger partial charge in [-0.3, -0.25) is 0 Å². The van der Waals surface area contributed by atoms with Crippen molar-refractivity contribution >= 4 is 5.97 Å². The van der Waals surface area contributed by atoms with Crippen LogP contribution in [0.2, 0.25) is 0 Å². The lowest BCUT2D eigenvalue weighted by Gasteiger charge is -2.13. The molecular weight excluding hydrogens is 398 g/mol. The van der Waals surface area contributed by atoms with Gasteiger partial charge in [-0.2, -0.15) is 0 Å². The lowest BCUT2D eigenvalue weighted by Crippen LogP contribution is -2.09. The van der Waals surface area contributed by atoms with E-state index in [1.54, 1.807) is 33.2 Å². The number of hydrogen-bond acceptors (Lipinski definition) is 8. The van der Waals surface area contributed by atoms with E-state index in [2.05, 4.69) is 15.0 Å². The van der Waals surface area contributed by atoms with E-state index in [0.29, 0.717) is 54.1 Å². The van der Waals surface area contributed by atoms with Crippen LogP contribution in [0, 0.1) is 6.92 Å². The van der Waals surface area contributed by atoms with E-state index in [1.165, 1.54) is 6.20 Å². The van der Waals surface area contributed by atoms with Crippen LogP contribution in [0.1, 0.15) is 35.5 Å². The molecule has 3 aromatic rings. The number of ether oxygens (including phenoxy) is 4. The number of carbonyl (C=O) groups excluding carboxylic acids is 1. The zero-order valence-electron chi connectivity index (χ0n) is 18.0. The lowest BCUT2D eigenvalue weighted by molar-refractivity contribution is 0.0524. The Morgan fingerprint density at radius 2 is 1.77 bits per heavy atom. The van der Waals surface area contributed by atoms with Gasteiger partial charge in [0.25, 0.3) is 5.88 Å². The van der Waals surface area contributed by atoms with E-state index < -0.39 is 5.97 Å². The number of benzene rings is 1. The standard InChI is InChI=1S/C23H25N3O5/c1-5-29-20-11-17(21-24-13-19(15(3)26-21)23(27)30-6-2)12-25-22(20)31-14-16-7-9-18(28-4)10-8-16/h7-13H,5-6,14H2,1-4H3. The molecule has 31 heavy (non-hydrogen) atoms. The van der Waals surface area contributed by atoms with Crippen LogP contribution in [-0.4, -0.2) is 41.2 Å². The Morgan fingerprint density at radius 1 is 1.00 bits per heavy atom. The Morgan fingerprint density at radius 3 is 2.42 bits per heavy atom. The fourth-order valence-corrected chi connectivity index (χ4v) is 2.81. The van der Waals surface area contributed by atoms with Gasteiger partial charge in [0.15, 0.2) is 11.6 Å². The summed E-state index contributed by atoms with van der Waals surface area (Å²) in [4.78, 5) is 25.1. The minimum Gasteiger partial charge on any atom is -0.497 e. The lowest BCUT2D eigenvalue weighted by atomic mass is 10.2. The molecule has 0 aliphatic carbocycles. The molecule has 2 heterocycles. The SMILES string of the molecule is CCOC(=O)c1cnc(-c2cnc(OCc3ccc(OC)cc3)c(OCC)c2)nc1C. The molecule has 1 aromatic carbocycles. The van der Waals surface area contributed by atoms with Crippen molar-refractivity contribution in [2.75, 3.05) is 20.3 Å². The molecule has 3 rings (SSSR count). The van der Waals surface area contributed by atoms with E-state index in [4.69, 9.17) is 18.9 Å². The van der Waals surface area contributed by atoms with E-state index in [0.717, 1.165) is 11.3 Å². The predicted molar refractivity (Wildman–Crippen MR) is 114 cm³/mol. The van der Waals surface area contributed by atoms with Crippen LogP contribution in [0.3, 0.4) is 0 Å². The number of esters is 1. The van der Waals surface area contributed by atoms with Crippen LogP contribution >= 0.6 is 0 Å². The third kappa shape index (κ3) is 5.48. The van der Waals surface area contributed by atoms with E-state index in [-0.39, 0.29) is 0 Å². The molecule has 0 spiro atoms. The van der Waals surface area contributed by atoms with E-state index in [1.807, 2.05) is 31.2 Å². The average molecular weight is 423 g/mol. The third-order valence-electron chi connectivity index (χ3n) is 4.39. The van der Waals surface area contributed by atoms with E-state index in [9.17, 15) is 4.79 Å². The zero-order valence-corrected chi connectivity index (χ0v) is 18.0. The molecule has 0 unspecified atom stereocenters. The molecule has 0 N–H and O–H groups in total. The number of nitrogens with zero attached hydrogens (tertiary/aromatic N) is 3. The molecule has 0 bridgehead atoms. The van der Waals surface area contributed by atoms with Gasteiger partial charge in [0.05, 0.1) is 31.6 Å². The second kappa shape index (κ2) is 10.4. The quantitative estimate of drug-likeness (QED) is 0.477. The summed E-state index contributed by atoms with van der Waals surface area (Å²) in [6, 6.07) is 9.37. The molecule has 0 saturated heterocycles. The molecule has 0 aliphatic heterocycles. The van der Waals surface area contributed by atoms with Crippen molar-refractivity contribution in [3.63, 3.8) is 0 Å². The summed E-state index contributed by atoms with van der Waals surface area (Å²) < 4.78 is 21.8. The maximum atomic E-state index is 12.0. The summed E-state index contributed by atoms with van der Waals surface area (Å²) in [6.07, 6.45) is 3.08. The highest BCUT2D eigenvalue weighted by atomic mass is 16.5. The van der Waals surface area contributed by atoms with Crippen molar-refractivity contribution in [2.45, 2.75) is 27.4 Å². The van der Waals surface area contributed by atoms with Gasteiger partial charge in [0, 0.05) is 18.0 Å². The van der Waals surface area contributed by atoms with Crippen molar-refractivity contribution in [1.29, 1.82) is 0 Å². The summed E-state index contributed by atoms with van der Waals surface area (Å²) >= 11 is 0. The third-order valence-corrected chi connectivity index (χ3v) is 4.39. The fourth-order valence-electron chi connectivity index (χ4n) is 2.81. The van der Waals surface area contributed by atoms with Gasteiger partial charge in [-0.15, -0.1) is 0 Å². The van der Waals surface area contributed by atoms with Crippen molar-refractivity contribution in [3.8, 4) is 28.8 Å². The van der Waals surface area contributed by atoms with Crippen LogP contribution < -0.4 is 14.2 Å². The van der Waals surface area contributed by atoms with Crippen LogP contribution in [-0.2, 0) is 11.3 Å². The minimum atomic E-state index is -0.443. The predicted octanol–water partition coefficient (Wildman–Crippen LogP) is 4.01. The first kappa shape index (κ1) is 22.0. The molecule has 0 aliphatic rings. The normalized spacial score (nSPS) is 10.5. The van der Waals surface area contributed by atoms with Gasteiger partial charge in [0.2, 0.25) is 0 Å².